The molecule has 0 aliphatic heterocycles. The van der Waals surface area contributed by atoms with Gasteiger partial charge in [0.05, 0.1) is 9.85 Å². The molecule has 20 heavy (non-hydrogen) atoms. The Morgan fingerprint density at radius 1 is 0.900 bits per heavy atom. The van der Waals surface area contributed by atoms with Crippen molar-refractivity contribution in [3.8, 4) is 0 Å². The van der Waals surface area contributed by atoms with Gasteiger partial charge < -0.3 is 10.2 Å². The molecule has 0 aromatic heterocycles. The molecule has 0 amide bonds. The van der Waals surface area contributed by atoms with Gasteiger partial charge in [-0.1, -0.05) is 12.1 Å². The van der Waals surface area contributed by atoms with Crippen LogP contribution >= 0.6 is 0 Å². The molecule has 10 heteroatoms. The van der Waals surface area contributed by atoms with E-state index >= 15 is 0 Å². The molecule has 0 atom stereocenters. The Kier molecular flexibility index (Phi) is 6.61. The number of aliphatic carboxylic acids is 2. The molecule has 106 valence electrons. The molecule has 1 rings (SSSR count). The molecule has 0 aliphatic rings. The summed E-state index contributed by atoms with van der Waals surface area (Å²) in [7, 11) is 0. The molecule has 10 nitrogen and oxygen atoms in total. The largest absolute Gasteiger partial charge is 0.478 e. The van der Waals surface area contributed by atoms with Gasteiger partial charge in [0, 0.05) is 24.3 Å². The lowest BCUT2D eigenvalue weighted by molar-refractivity contribution is -0.422. The highest BCUT2D eigenvalue weighted by Crippen LogP contribution is 2.24. The van der Waals surface area contributed by atoms with E-state index in [1.54, 1.807) is 0 Å². The summed E-state index contributed by atoms with van der Waals surface area (Å²) < 4.78 is 0. The third-order valence-electron chi connectivity index (χ3n) is 1.64. The summed E-state index contributed by atoms with van der Waals surface area (Å²) in [6.45, 7) is 0. The Morgan fingerprint density at radius 2 is 1.20 bits per heavy atom. The minimum Gasteiger partial charge on any atom is -0.478 e. The molecule has 0 saturated carbocycles. The highest BCUT2D eigenvalue weighted by molar-refractivity contribution is 5.89. The van der Waals surface area contributed by atoms with E-state index in [1.807, 2.05) is 0 Å². The minimum atomic E-state index is -1.26. The number of hydrogen-bond donors (Lipinski definition) is 2. The predicted octanol–water partition coefficient (Wildman–Crippen LogP) is 1.21. The van der Waals surface area contributed by atoms with E-state index in [9.17, 15) is 29.8 Å². The van der Waals surface area contributed by atoms with Crippen LogP contribution in [-0.4, -0.2) is 32.0 Å². The Bertz CT molecular complexity index is 517. The molecule has 0 aliphatic carbocycles. The Morgan fingerprint density at radius 3 is 1.40 bits per heavy atom. The quantitative estimate of drug-likeness (QED) is 0.473. The molecule has 0 bridgehead atoms. The zero-order valence-corrected chi connectivity index (χ0v) is 9.70. The van der Waals surface area contributed by atoms with Crippen LogP contribution in [0, 0.1) is 20.2 Å². The van der Waals surface area contributed by atoms with Gasteiger partial charge in [-0.3, -0.25) is 20.2 Å². The SMILES string of the molecule is O=C(O)C=CC(=O)O.O=[N+]([O-])c1ccccc1[N+](=O)[O-]. The maximum Gasteiger partial charge on any atom is 0.346 e. The van der Waals surface area contributed by atoms with Crippen LogP contribution in [0.5, 0.6) is 0 Å². The van der Waals surface area contributed by atoms with Crippen LogP contribution < -0.4 is 0 Å². The van der Waals surface area contributed by atoms with Crippen molar-refractivity contribution in [3.63, 3.8) is 0 Å². The summed E-state index contributed by atoms with van der Waals surface area (Å²) in [5.74, 6) is -2.51. The molecule has 0 fully saturated rings. The molecule has 2 N–H and O–H groups in total. The van der Waals surface area contributed by atoms with E-state index < -0.39 is 33.2 Å². The number of carbonyl (C=O) groups is 2. The Labute approximate surface area is 110 Å². The highest BCUT2D eigenvalue weighted by atomic mass is 16.6. The van der Waals surface area contributed by atoms with E-state index in [1.165, 1.54) is 12.1 Å². The zero-order chi connectivity index (χ0) is 15.7. The third kappa shape index (κ3) is 6.44. The molecule has 0 unspecified atom stereocenters. The first-order valence-electron chi connectivity index (χ1n) is 4.77. The van der Waals surface area contributed by atoms with E-state index in [-0.39, 0.29) is 0 Å². The van der Waals surface area contributed by atoms with Crippen molar-refractivity contribution in [3.05, 3.63) is 56.6 Å². The van der Waals surface area contributed by atoms with Gasteiger partial charge in [0.1, 0.15) is 0 Å². The average molecular weight is 284 g/mol. The fraction of sp³-hybridized carbons (Fsp3) is 0. The van der Waals surface area contributed by atoms with Crippen LogP contribution in [-0.2, 0) is 9.59 Å². The fourth-order valence-corrected chi connectivity index (χ4v) is 0.916. The van der Waals surface area contributed by atoms with Crippen molar-refractivity contribution in [2.24, 2.45) is 0 Å². The predicted molar refractivity (Wildman–Crippen MR) is 64.2 cm³/mol. The molecular formula is C10H8N2O8. The van der Waals surface area contributed by atoms with Gasteiger partial charge in [0.25, 0.3) is 0 Å². The normalized spacial score (nSPS) is 9.40. The monoisotopic (exact) mass is 284 g/mol. The van der Waals surface area contributed by atoms with Crippen LogP contribution in [0.25, 0.3) is 0 Å². The lowest BCUT2D eigenvalue weighted by atomic mass is 10.3. The first kappa shape index (κ1) is 16.7. The van der Waals surface area contributed by atoms with Crippen molar-refractivity contribution in [2.75, 3.05) is 0 Å². The summed E-state index contributed by atoms with van der Waals surface area (Å²) in [5.41, 5.74) is -0.968. The molecule has 0 heterocycles. The lowest BCUT2D eigenvalue weighted by Gasteiger charge is -1.91. The Hall–Kier alpha value is -3.30. The number of rotatable bonds is 4. The number of para-hydroxylation sites is 2. The smallest absolute Gasteiger partial charge is 0.346 e. The summed E-state index contributed by atoms with van der Waals surface area (Å²) in [5, 5.41) is 36.1. The average Bonchev–Trinajstić information content (AvgIpc) is 2.37. The summed E-state index contributed by atoms with van der Waals surface area (Å²) >= 11 is 0. The maximum absolute atomic E-state index is 10.2. The lowest BCUT2D eigenvalue weighted by Crippen LogP contribution is -1.95. The number of carboxylic acid groups (broad SMARTS) is 2. The first-order chi connectivity index (χ1) is 9.25. The van der Waals surface area contributed by atoms with Gasteiger partial charge in [-0.2, -0.15) is 0 Å². The number of nitro groups is 2. The van der Waals surface area contributed by atoms with Gasteiger partial charge >= 0.3 is 23.3 Å². The second-order valence-corrected chi connectivity index (χ2v) is 3.01. The van der Waals surface area contributed by atoms with E-state index in [4.69, 9.17) is 10.2 Å². The van der Waals surface area contributed by atoms with Crippen molar-refractivity contribution in [1.29, 1.82) is 0 Å². The standard InChI is InChI=1S/C6H4N2O4.C4H4O4/c9-7(10)5-3-1-2-4-6(5)8(11)12;5-3(6)1-2-4(7)8/h1-4H;1-2H,(H,5,6)(H,7,8). The number of hydrogen-bond acceptors (Lipinski definition) is 6. The molecule has 1 aromatic carbocycles. The molecular weight excluding hydrogens is 276 g/mol. The number of benzene rings is 1. The highest BCUT2D eigenvalue weighted by Gasteiger charge is 2.21. The van der Waals surface area contributed by atoms with Crippen molar-refractivity contribution < 1.29 is 29.6 Å². The van der Waals surface area contributed by atoms with Gasteiger partial charge in [-0.15, -0.1) is 0 Å². The fourth-order valence-electron chi connectivity index (χ4n) is 0.916. The maximum atomic E-state index is 10.2. The van der Waals surface area contributed by atoms with E-state index in [0.29, 0.717) is 12.2 Å². The number of carboxylic acids is 2. The summed E-state index contributed by atoms with van der Waals surface area (Å²) in [6, 6.07) is 4.95. The second-order valence-electron chi connectivity index (χ2n) is 3.01. The third-order valence-corrected chi connectivity index (χ3v) is 1.64. The van der Waals surface area contributed by atoms with E-state index in [0.717, 1.165) is 12.1 Å². The molecule has 0 saturated heterocycles. The van der Waals surface area contributed by atoms with Crippen molar-refractivity contribution in [2.45, 2.75) is 0 Å². The van der Waals surface area contributed by atoms with Gasteiger partial charge in [-0.05, 0) is 0 Å². The van der Waals surface area contributed by atoms with Gasteiger partial charge in [0.2, 0.25) is 0 Å². The van der Waals surface area contributed by atoms with Gasteiger partial charge in [-0.25, -0.2) is 9.59 Å². The molecule has 0 spiro atoms. The first-order valence-corrected chi connectivity index (χ1v) is 4.77. The Balaban J connectivity index is 0.000000396. The van der Waals surface area contributed by atoms with Crippen LogP contribution in [0.2, 0.25) is 0 Å². The van der Waals surface area contributed by atoms with Crippen LogP contribution in [0.15, 0.2) is 36.4 Å². The summed E-state index contributed by atoms with van der Waals surface area (Å²) in [6.07, 6.45) is 1.12. The van der Waals surface area contributed by atoms with E-state index in [2.05, 4.69) is 0 Å². The van der Waals surface area contributed by atoms with Crippen molar-refractivity contribution >= 4 is 23.3 Å². The zero-order valence-electron chi connectivity index (χ0n) is 9.70. The summed E-state index contributed by atoms with van der Waals surface area (Å²) in [4.78, 5) is 38.0. The van der Waals surface area contributed by atoms with Crippen LogP contribution in [0.1, 0.15) is 0 Å². The minimum absolute atomic E-state index is 0.484. The van der Waals surface area contributed by atoms with Crippen LogP contribution in [0.3, 0.4) is 0 Å². The van der Waals surface area contributed by atoms with Crippen molar-refractivity contribution in [1.82, 2.24) is 0 Å². The molecule has 1 aromatic rings. The van der Waals surface area contributed by atoms with Gasteiger partial charge in [0.15, 0.2) is 0 Å². The second kappa shape index (κ2) is 7.92. The van der Waals surface area contributed by atoms with Crippen LogP contribution in [0.4, 0.5) is 11.4 Å². The molecule has 0 radical (unpaired) electrons. The number of nitro benzene ring substituents is 2. The topological polar surface area (TPSA) is 161 Å². The number of nitrogens with zero attached hydrogens (tertiary/aromatic N) is 2.